The molecule has 0 spiro atoms. The van der Waals surface area contributed by atoms with E-state index in [9.17, 15) is 9.59 Å². The van der Waals surface area contributed by atoms with Gasteiger partial charge in [-0.3, -0.25) is 4.79 Å². The fourth-order valence-electron chi connectivity index (χ4n) is 2.58. The molecule has 25 heavy (non-hydrogen) atoms. The topological polar surface area (TPSA) is 100 Å². The van der Waals surface area contributed by atoms with Gasteiger partial charge < -0.3 is 15.3 Å². The highest BCUT2D eigenvalue weighted by Gasteiger charge is 2.32. The number of carbonyl (C=O) groups excluding carboxylic acids is 1. The highest BCUT2D eigenvalue weighted by molar-refractivity contribution is 5.75. The first-order valence-electron chi connectivity index (χ1n) is 8.33. The van der Waals surface area contributed by atoms with Crippen molar-refractivity contribution in [3.63, 3.8) is 0 Å². The summed E-state index contributed by atoms with van der Waals surface area (Å²) >= 11 is 0. The van der Waals surface area contributed by atoms with E-state index in [0.717, 1.165) is 24.1 Å². The molecule has 0 unspecified atom stereocenters. The van der Waals surface area contributed by atoms with Crippen LogP contribution in [0.1, 0.15) is 31.2 Å². The molecule has 0 radical (unpaired) electrons. The van der Waals surface area contributed by atoms with E-state index < -0.39 is 5.97 Å². The van der Waals surface area contributed by atoms with Crippen molar-refractivity contribution in [2.75, 3.05) is 6.54 Å². The Morgan fingerprint density at radius 3 is 2.64 bits per heavy atom. The van der Waals surface area contributed by atoms with Gasteiger partial charge in [-0.2, -0.15) is 5.10 Å². The van der Waals surface area contributed by atoms with Gasteiger partial charge in [-0.15, -0.1) is 0 Å². The molecular formula is C17H21N5O3. The number of rotatable bonds is 8. The van der Waals surface area contributed by atoms with Crippen molar-refractivity contribution < 1.29 is 14.7 Å². The Kier molecular flexibility index (Phi) is 5.27. The van der Waals surface area contributed by atoms with Crippen molar-refractivity contribution in [3.8, 4) is 5.69 Å². The van der Waals surface area contributed by atoms with Crippen LogP contribution in [0.5, 0.6) is 0 Å². The number of benzene rings is 1. The molecule has 2 aromatic rings. The number of hydrogen-bond donors (Lipinski definition) is 2. The number of nitrogens with one attached hydrogen (secondary N) is 1. The monoisotopic (exact) mass is 343 g/mol. The van der Waals surface area contributed by atoms with Crippen LogP contribution < -0.4 is 5.32 Å². The molecule has 1 aromatic carbocycles. The molecule has 2 N–H and O–H groups in total. The van der Waals surface area contributed by atoms with Crippen molar-refractivity contribution in [2.24, 2.45) is 0 Å². The second-order valence-corrected chi connectivity index (χ2v) is 6.09. The summed E-state index contributed by atoms with van der Waals surface area (Å²) in [6.07, 6.45) is 5.65. The van der Waals surface area contributed by atoms with E-state index in [4.69, 9.17) is 5.11 Å². The largest absolute Gasteiger partial charge is 0.481 e. The van der Waals surface area contributed by atoms with Gasteiger partial charge in [-0.1, -0.05) is 12.1 Å². The molecule has 0 aliphatic heterocycles. The molecule has 0 bridgehead atoms. The smallest absolute Gasteiger partial charge is 0.317 e. The van der Waals surface area contributed by atoms with E-state index in [1.54, 1.807) is 11.0 Å². The number of nitrogens with zero attached hydrogens (tertiary/aromatic N) is 4. The van der Waals surface area contributed by atoms with E-state index in [0.29, 0.717) is 19.5 Å². The van der Waals surface area contributed by atoms with Gasteiger partial charge >= 0.3 is 12.0 Å². The first-order valence-corrected chi connectivity index (χ1v) is 8.33. The first kappa shape index (κ1) is 16.9. The van der Waals surface area contributed by atoms with Crippen molar-refractivity contribution in [2.45, 2.75) is 38.3 Å². The molecule has 8 nitrogen and oxygen atoms in total. The molecule has 1 fully saturated rings. The number of urea groups is 1. The summed E-state index contributed by atoms with van der Waals surface area (Å²) in [5.74, 6) is -0.847. The van der Waals surface area contributed by atoms with Crippen LogP contribution in [0, 0.1) is 0 Å². The Morgan fingerprint density at radius 2 is 2.04 bits per heavy atom. The maximum atomic E-state index is 12.4. The molecule has 1 heterocycles. The summed E-state index contributed by atoms with van der Waals surface area (Å²) in [5, 5.41) is 15.5. The standard InChI is InChI=1S/C17H21N5O3/c23-16(24)2-1-9-19-17(25)21(14-7-8-14)10-13-3-5-15(6-4-13)22-12-18-11-20-22/h3-6,11-12,14H,1-2,7-10H2,(H,19,25)(H,23,24). The van der Waals surface area contributed by atoms with Gasteiger partial charge in [-0.05, 0) is 37.0 Å². The maximum Gasteiger partial charge on any atom is 0.317 e. The van der Waals surface area contributed by atoms with Gasteiger partial charge in [0, 0.05) is 25.6 Å². The molecule has 2 amide bonds. The molecule has 132 valence electrons. The van der Waals surface area contributed by atoms with E-state index in [2.05, 4.69) is 15.4 Å². The number of amides is 2. The molecule has 1 aliphatic rings. The Morgan fingerprint density at radius 1 is 1.28 bits per heavy atom. The highest BCUT2D eigenvalue weighted by atomic mass is 16.4. The molecule has 1 saturated carbocycles. The number of hydrogen-bond acceptors (Lipinski definition) is 4. The molecule has 1 aromatic heterocycles. The Hall–Kier alpha value is -2.90. The van der Waals surface area contributed by atoms with E-state index in [1.807, 2.05) is 29.2 Å². The van der Waals surface area contributed by atoms with Crippen LogP contribution in [0.25, 0.3) is 5.69 Å². The summed E-state index contributed by atoms with van der Waals surface area (Å²) in [6.45, 7) is 0.909. The zero-order valence-electron chi connectivity index (χ0n) is 13.8. The Balaban J connectivity index is 1.56. The predicted molar refractivity (Wildman–Crippen MR) is 90.2 cm³/mol. The van der Waals surface area contributed by atoms with Crippen molar-refractivity contribution in [1.82, 2.24) is 25.0 Å². The third-order valence-electron chi connectivity index (χ3n) is 4.06. The van der Waals surface area contributed by atoms with Gasteiger partial charge in [0.15, 0.2) is 0 Å². The average Bonchev–Trinajstić information content (AvgIpc) is 3.30. The van der Waals surface area contributed by atoms with Crippen molar-refractivity contribution in [1.29, 1.82) is 0 Å². The molecular weight excluding hydrogens is 322 g/mol. The molecule has 3 rings (SSSR count). The minimum Gasteiger partial charge on any atom is -0.481 e. The van der Waals surface area contributed by atoms with Crippen LogP contribution in [-0.2, 0) is 11.3 Å². The van der Waals surface area contributed by atoms with Crippen molar-refractivity contribution in [3.05, 3.63) is 42.5 Å². The van der Waals surface area contributed by atoms with Crippen LogP contribution in [-0.4, -0.2) is 49.4 Å². The minimum absolute atomic E-state index is 0.0630. The first-order chi connectivity index (χ1) is 12.1. The second-order valence-electron chi connectivity index (χ2n) is 6.09. The van der Waals surface area contributed by atoms with Crippen LogP contribution >= 0.6 is 0 Å². The summed E-state index contributed by atoms with van der Waals surface area (Å²) in [4.78, 5) is 28.6. The van der Waals surface area contributed by atoms with Gasteiger partial charge in [0.2, 0.25) is 0 Å². The van der Waals surface area contributed by atoms with Gasteiger partial charge in [0.25, 0.3) is 0 Å². The average molecular weight is 343 g/mol. The van der Waals surface area contributed by atoms with Gasteiger partial charge in [-0.25, -0.2) is 14.5 Å². The van der Waals surface area contributed by atoms with Crippen LogP contribution in [0.3, 0.4) is 0 Å². The Bertz CT molecular complexity index is 710. The van der Waals surface area contributed by atoms with Crippen LogP contribution in [0.2, 0.25) is 0 Å². The number of aliphatic carboxylic acids is 1. The third-order valence-corrected chi connectivity index (χ3v) is 4.06. The fraction of sp³-hybridized carbons (Fsp3) is 0.412. The van der Waals surface area contributed by atoms with E-state index in [-0.39, 0.29) is 18.5 Å². The highest BCUT2D eigenvalue weighted by Crippen LogP contribution is 2.28. The van der Waals surface area contributed by atoms with E-state index >= 15 is 0 Å². The summed E-state index contributed by atoms with van der Waals surface area (Å²) in [5.41, 5.74) is 1.95. The quantitative estimate of drug-likeness (QED) is 0.712. The van der Waals surface area contributed by atoms with Crippen LogP contribution in [0.4, 0.5) is 4.79 Å². The van der Waals surface area contributed by atoms with E-state index in [1.165, 1.54) is 6.33 Å². The zero-order chi connectivity index (χ0) is 17.6. The zero-order valence-corrected chi connectivity index (χ0v) is 13.8. The lowest BCUT2D eigenvalue weighted by Gasteiger charge is -2.23. The predicted octanol–water partition coefficient (Wildman–Crippen LogP) is 1.81. The van der Waals surface area contributed by atoms with Crippen LogP contribution in [0.15, 0.2) is 36.9 Å². The summed E-state index contributed by atoms with van der Waals surface area (Å²) in [7, 11) is 0. The number of carboxylic acid groups (broad SMARTS) is 1. The minimum atomic E-state index is -0.847. The molecule has 1 aliphatic carbocycles. The molecule has 8 heteroatoms. The third kappa shape index (κ3) is 4.79. The normalized spacial score (nSPS) is 13.4. The second kappa shape index (κ2) is 7.78. The fourth-order valence-corrected chi connectivity index (χ4v) is 2.58. The lowest BCUT2D eigenvalue weighted by molar-refractivity contribution is -0.137. The van der Waals surface area contributed by atoms with Gasteiger partial charge in [0.1, 0.15) is 12.7 Å². The number of carbonyl (C=O) groups is 2. The Labute approximate surface area is 145 Å². The number of aromatic nitrogens is 3. The number of carboxylic acids is 1. The summed E-state index contributed by atoms with van der Waals surface area (Å²) in [6, 6.07) is 7.98. The van der Waals surface area contributed by atoms with Crippen molar-refractivity contribution >= 4 is 12.0 Å². The molecule has 0 atom stereocenters. The van der Waals surface area contributed by atoms with Gasteiger partial charge in [0.05, 0.1) is 5.69 Å². The maximum absolute atomic E-state index is 12.4. The summed E-state index contributed by atoms with van der Waals surface area (Å²) < 4.78 is 1.68. The SMILES string of the molecule is O=C(O)CCCNC(=O)N(Cc1ccc(-n2cncn2)cc1)C1CC1. The molecule has 0 saturated heterocycles. The lowest BCUT2D eigenvalue weighted by Crippen LogP contribution is -2.41. The lowest BCUT2D eigenvalue weighted by atomic mass is 10.2.